The molecule has 4 heterocycles. The molecule has 0 atom stereocenters. The summed E-state index contributed by atoms with van der Waals surface area (Å²) >= 11 is 9.50. The van der Waals surface area contributed by atoms with Crippen molar-refractivity contribution in [1.82, 2.24) is 14.4 Å². The quantitative estimate of drug-likeness (QED) is 0.433. The third-order valence-corrected chi connectivity index (χ3v) is 7.63. The molecular formula is C20H19ClN4O2S2. The standard InChI is InChI=1S/C20H19ClN4O2S2/c1-3-27-19(26)16-14(22)13-12(10-6-4-5-7-11(10)23-18(13)29-16)15-17(21)24-20-25(15)9(2)8-28-20/h8H,3-7,22H2,1-2H3. The van der Waals surface area contributed by atoms with Gasteiger partial charge in [-0.3, -0.25) is 4.40 Å². The van der Waals surface area contributed by atoms with E-state index in [0.29, 0.717) is 22.3 Å². The summed E-state index contributed by atoms with van der Waals surface area (Å²) in [7, 11) is 0. The number of rotatable bonds is 3. The number of thiophene rings is 1. The van der Waals surface area contributed by atoms with Gasteiger partial charge in [0.1, 0.15) is 9.71 Å². The van der Waals surface area contributed by atoms with Crippen LogP contribution in [0.1, 0.15) is 46.4 Å². The highest BCUT2D eigenvalue weighted by molar-refractivity contribution is 7.21. The topological polar surface area (TPSA) is 82.5 Å². The third kappa shape index (κ3) is 2.77. The summed E-state index contributed by atoms with van der Waals surface area (Å²) in [6, 6.07) is 0. The van der Waals surface area contributed by atoms with E-state index in [9.17, 15) is 4.79 Å². The van der Waals surface area contributed by atoms with Gasteiger partial charge in [-0.15, -0.1) is 22.7 Å². The Morgan fingerprint density at radius 2 is 2.14 bits per heavy atom. The highest BCUT2D eigenvalue weighted by Crippen LogP contribution is 2.46. The normalized spacial score (nSPS) is 13.9. The molecule has 0 saturated carbocycles. The number of anilines is 1. The number of thiazole rings is 1. The maximum absolute atomic E-state index is 12.5. The van der Waals surface area contributed by atoms with E-state index < -0.39 is 5.97 Å². The highest BCUT2D eigenvalue weighted by Gasteiger charge is 2.29. The Labute approximate surface area is 180 Å². The van der Waals surface area contributed by atoms with Crippen LogP contribution in [0.5, 0.6) is 0 Å². The summed E-state index contributed by atoms with van der Waals surface area (Å²) in [5.74, 6) is -0.409. The maximum Gasteiger partial charge on any atom is 0.350 e. The molecule has 150 valence electrons. The van der Waals surface area contributed by atoms with E-state index in [0.717, 1.165) is 69.1 Å². The van der Waals surface area contributed by atoms with Crippen molar-refractivity contribution < 1.29 is 9.53 Å². The molecule has 1 aliphatic carbocycles. The van der Waals surface area contributed by atoms with Gasteiger partial charge in [0, 0.05) is 27.7 Å². The van der Waals surface area contributed by atoms with Gasteiger partial charge in [0.15, 0.2) is 10.1 Å². The van der Waals surface area contributed by atoms with Gasteiger partial charge >= 0.3 is 5.97 Å². The van der Waals surface area contributed by atoms with Crippen LogP contribution in [-0.2, 0) is 17.6 Å². The second-order valence-electron chi connectivity index (χ2n) is 7.11. The van der Waals surface area contributed by atoms with Gasteiger partial charge in [-0.1, -0.05) is 11.6 Å². The van der Waals surface area contributed by atoms with Crippen molar-refractivity contribution in [2.45, 2.75) is 39.5 Å². The maximum atomic E-state index is 12.5. The first-order chi connectivity index (χ1) is 14.0. The number of aromatic nitrogens is 3. The first-order valence-electron chi connectivity index (χ1n) is 9.54. The minimum absolute atomic E-state index is 0.298. The average molecular weight is 447 g/mol. The van der Waals surface area contributed by atoms with Crippen LogP contribution in [0.3, 0.4) is 0 Å². The van der Waals surface area contributed by atoms with Crippen molar-refractivity contribution in [2.75, 3.05) is 12.3 Å². The molecular weight excluding hydrogens is 428 g/mol. The van der Waals surface area contributed by atoms with E-state index >= 15 is 0 Å². The Balaban J connectivity index is 1.91. The van der Waals surface area contributed by atoms with Gasteiger partial charge in [0.2, 0.25) is 0 Å². The van der Waals surface area contributed by atoms with Gasteiger partial charge in [0.25, 0.3) is 0 Å². The summed E-state index contributed by atoms with van der Waals surface area (Å²) in [6.45, 7) is 4.12. The molecule has 0 spiro atoms. The molecule has 0 unspecified atom stereocenters. The number of esters is 1. The molecule has 4 aromatic heterocycles. The Bertz CT molecular complexity index is 1290. The van der Waals surface area contributed by atoms with E-state index in [1.807, 2.05) is 6.92 Å². The number of ether oxygens (including phenoxy) is 1. The second kappa shape index (κ2) is 6.97. The molecule has 0 radical (unpaired) electrons. The smallest absolute Gasteiger partial charge is 0.350 e. The lowest BCUT2D eigenvalue weighted by Gasteiger charge is -2.20. The SMILES string of the molecule is CCOC(=O)c1sc2nc3c(c(-c4c(Cl)nc5scc(C)n45)c2c1N)CCCC3. The summed E-state index contributed by atoms with van der Waals surface area (Å²) in [6.07, 6.45) is 4.01. The molecule has 0 fully saturated rings. The fourth-order valence-electron chi connectivity index (χ4n) is 4.10. The Hall–Kier alpha value is -2.16. The van der Waals surface area contributed by atoms with Crippen LogP contribution < -0.4 is 5.73 Å². The summed E-state index contributed by atoms with van der Waals surface area (Å²) in [5, 5.41) is 3.30. The zero-order chi connectivity index (χ0) is 20.3. The first kappa shape index (κ1) is 18.8. The third-order valence-electron chi connectivity index (χ3n) is 5.34. The van der Waals surface area contributed by atoms with Crippen LogP contribution >= 0.6 is 34.3 Å². The van der Waals surface area contributed by atoms with Crippen LogP contribution in [-0.4, -0.2) is 26.9 Å². The molecule has 2 N–H and O–H groups in total. The Morgan fingerprint density at radius 3 is 2.93 bits per heavy atom. The summed E-state index contributed by atoms with van der Waals surface area (Å²) in [5.41, 5.74) is 12.0. The number of fused-ring (bicyclic) bond motifs is 3. The molecule has 0 aromatic carbocycles. The minimum Gasteiger partial charge on any atom is -0.462 e. The van der Waals surface area contributed by atoms with E-state index in [1.54, 1.807) is 18.3 Å². The van der Waals surface area contributed by atoms with Crippen molar-refractivity contribution in [1.29, 1.82) is 0 Å². The number of nitrogens with two attached hydrogens (primary N) is 1. The summed E-state index contributed by atoms with van der Waals surface area (Å²) in [4.78, 5) is 23.9. The lowest BCUT2D eigenvalue weighted by molar-refractivity contribution is 0.0533. The Kier molecular flexibility index (Phi) is 4.53. The van der Waals surface area contributed by atoms with E-state index in [1.165, 1.54) is 11.3 Å². The second-order valence-corrected chi connectivity index (χ2v) is 9.30. The zero-order valence-electron chi connectivity index (χ0n) is 16.0. The number of imidazole rings is 1. The fourth-order valence-corrected chi connectivity index (χ4v) is 6.30. The molecule has 0 bridgehead atoms. The number of hydrogen-bond acceptors (Lipinski definition) is 7. The number of hydrogen-bond donors (Lipinski definition) is 1. The number of pyridine rings is 1. The van der Waals surface area contributed by atoms with Crippen LogP contribution in [0, 0.1) is 6.92 Å². The number of nitrogens with zero attached hydrogens (tertiary/aromatic N) is 3. The number of carbonyl (C=O) groups excluding carboxylic acids is 1. The van der Waals surface area contributed by atoms with Crippen molar-refractivity contribution in [3.05, 3.63) is 32.4 Å². The van der Waals surface area contributed by atoms with Gasteiger partial charge < -0.3 is 10.5 Å². The average Bonchev–Trinajstić information content (AvgIpc) is 3.33. The van der Waals surface area contributed by atoms with E-state index in [4.69, 9.17) is 27.1 Å². The first-order valence-corrected chi connectivity index (χ1v) is 11.6. The van der Waals surface area contributed by atoms with Crippen LogP contribution in [0.2, 0.25) is 5.15 Å². The number of aryl methyl sites for hydroxylation is 2. The van der Waals surface area contributed by atoms with E-state index in [2.05, 4.69) is 14.8 Å². The minimum atomic E-state index is -0.409. The van der Waals surface area contributed by atoms with Gasteiger partial charge in [0.05, 0.1) is 18.0 Å². The van der Waals surface area contributed by atoms with E-state index in [-0.39, 0.29) is 0 Å². The number of carbonyl (C=O) groups is 1. The summed E-state index contributed by atoms with van der Waals surface area (Å²) < 4.78 is 7.30. The molecule has 0 aliphatic heterocycles. The molecule has 4 aromatic rings. The Morgan fingerprint density at radius 1 is 1.34 bits per heavy atom. The molecule has 29 heavy (non-hydrogen) atoms. The number of nitrogen functional groups attached to an aromatic ring is 1. The van der Waals surface area contributed by atoms with Crippen molar-refractivity contribution in [3.8, 4) is 11.3 Å². The van der Waals surface area contributed by atoms with Crippen LogP contribution in [0.25, 0.3) is 26.4 Å². The predicted molar refractivity (Wildman–Crippen MR) is 118 cm³/mol. The monoisotopic (exact) mass is 446 g/mol. The van der Waals surface area contributed by atoms with Gasteiger partial charge in [-0.05, 0) is 45.1 Å². The predicted octanol–water partition coefficient (Wildman–Crippen LogP) is 5.27. The highest BCUT2D eigenvalue weighted by atomic mass is 35.5. The molecule has 0 saturated heterocycles. The molecule has 5 rings (SSSR count). The largest absolute Gasteiger partial charge is 0.462 e. The van der Waals surface area contributed by atoms with Crippen LogP contribution in [0.15, 0.2) is 5.38 Å². The molecule has 1 aliphatic rings. The van der Waals surface area contributed by atoms with Crippen molar-refractivity contribution in [2.24, 2.45) is 0 Å². The van der Waals surface area contributed by atoms with Crippen molar-refractivity contribution >= 4 is 61.1 Å². The fraction of sp³-hybridized carbons (Fsp3) is 0.350. The number of halogens is 1. The zero-order valence-corrected chi connectivity index (χ0v) is 18.4. The molecule has 9 heteroatoms. The van der Waals surface area contributed by atoms with Gasteiger partial charge in [-0.25, -0.2) is 14.8 Å². The lowest BCUT2D eigenvalue weighted by Crippen LogP contribution is -2.09. The van der Waals surface area contributed by atoms with Gasteiger partial charge in [-0.2, -0.15) is 0 Å². The van der Waals surface area contributed by atoms with Crippen molar-refractivity contribution in [3.63, 3.8) is 0 Å². The molecule has 6 nitrogen and oxygen atoms in total. The lowest BCUT2D eigenvalue weighted by atomic mass is 9.89. The molecule has 0 amide bonds. The van der Waals surface area contributed by atoms with Crippen LogP contribution in [0.4, 0.5) is 5.69 Å².